The van der Waals surface area contributed by atoms with E-state index in [1.807, 2.05) is 6.20 Å². The quantitative estimate of drug-likeness (QED) is 0.708. The molecule has 0 spiro atoms. The van der Waals surface area contributed by atoms with E-state index in [2.05, 4.69) is 30.7 Å². The molecule has 0 aliphatic carbocycles. The molecule has 0 saturated carbocycles. The standard InChI is InChI=1S/C9H16N2/c1-4-7(3)9-10-6-8(5-2)11-9/h6-7H,4-5H2,1-3H3,(H,10,11). The first-order chi connectivity index (χ1) is 5.27. The highest BCUT2D eigenvalue weighted by atomic mass is 14.9. The van der Waals surface area contributed by atoms with Crippen LogP contribution in [-0.4, -0.2) is 9.97 Å². The first kappa shape index (κ1) is 8.31. The van der Waals surface area contributed by atoms with E-state index in [9.17, 15) is 0 Å². The molecule has 1 heterocycles. The number of H-pyrrole nitrogens is 1. The van der Waals surface area contributed by atoms with Crippen molar-refractivity contribution >= 4 is 0 Å². The summed E-state index contributed by atoms with van der Waals surface area (Å²) in [4.78, 5) is 7.60. The van der Waals surface area contributed by atoms with Crippen molar-refractivity contribution in [3.8, 4) is 0 Å². The molecule has 2 heteroatoms. The van der Waals surface area contributed by atoms with Crippen LogP contribution in [0.3, 0.4) is 0 Å². The third kappa shape index (κ3) is 1.82. The van der Waals surface area contributed by atoms with E-state index in [1.165, 1.54) is 5.69 Å². The van der Waals surface area contributed by atoms with E-state index in [-0.39, 0.29) is 0 Å². The highest BCUT2D eigenvalue weighted by Crippen LogP contribution is 2.14. The molecule has 1 rings (SSSR count). The van der Waals surface area contributed by atoms with Crippen LogP contribution >= 0.6 is 0 Å². The van der Waals surface area contributed by atoms with E-state index in [0.29, 0.717) is 5.92 Å². The zero-order valence-electron chi connectivity index (χ0n) is 7.52. The van der Waals surface area contributed by atoms with Gasteiger partial charge in [-0.05, 0) is 12.8 Å². The molecule has 0 aliphatic heterocycles. The Labute approximate surface area is 68.0 Å². The van der Waals surface area contributed by atoms with E-state index in [0.717, 1.165) is 18.7 Å². The lowest BCUT2D eigenvalue weighted by Gasteiger charge is -2.02. The monoisotopic (exact) mass is 152 g/mol. The van der Waals surface area contributed by atoms with Gasteiger partial charge in [-0.25, -0.2) is 4.98 Å². The van der Waals surface area contributed by atoms with Gasteiger partial charge in [-0.3, -0.25) is 0 Å². The third-order valence-corrected chi connectivity index (χ3v) is 2.11. The second kappa shape index (κ2) is 3.56. The molecular formula is C9H16N2. The molecule has 0 radical (unpaired) electrons. The lowest BCUT2D eigenvalue weighted by molar-refractivity contribution is 0.687. The van der Waals surface area contributed by atoms with Crippen LogP contribution in [0.15, 0.2) is 6.20 Å². The van der Waals surface area contributed by atoms with Crippen LogP contribution in [0.25, 0.3) is 0 Å². The lowest BCUT2D eigenvalue weighted by Crippen LogP contribution is -1.93. The van der Waals surface area contributed by atoms with Gasteiger partial charge in [-0.1, -0.05) is 20.8 Å². The smallest absolute Gasteiger partial charge is 0.109 e. The Bertz CT molecular complexity index is 215. The average molecular weight is 152 g/mol. The number of imidazole rings is 1. The van der Waals surface area contributed by atoms with Gasteiger partial charge >= 0.3 is 0 Å². The van der Waals surface area contributed by atoms with E-state index < -0.39 is 0 Å². The van der Waals surface area contributed by atoms with Crippen molar-refractivity contribution in [2.45, 2.75) is 39.5 Å². The molecule has 1 atom stereocenters. The van der Waals surface area contributed by atoms with Crippen LogP contribution in [0, 0.1) is 0 Å². The second-order valence-electron chi connectivity index (χ2n) is 2.96. The van der Waals surface area contributed by atoms with Gasteiger partial charge in [-0.2, -0.15) is 0 Å². The zero-order chi connectivity index (χ0) is 8.27. The molecule has 1 aromatic heterocycles. The number of aryl methyl sites for hydroxylation is 1. The first-order valence-corrected chi connectivity index (χ1v) is 4.31. The number of rotatable bonds is 3. The Kier molecular flexibility index (Phi) is 2.69. The van der Waals surface area contributed by atoms with Crippen molar-refractivity contribution in [2.24, 2.45) is 0 Å². The summed E-state index contributed by atoms with van der Waals surface area (Å²) in [5.74, 6) is 1.69. The van der Waals surface area contributed by atoms with Crippen LogP contribution in [0.1, 0.15) is 44.6 Å². The molecule has 1 unspecified atom stereocenters. The van der Waals surface area contributed by atoms with E-state index in [1.54, 1.807) is 0 Å². The number of aromatic nitrogens is 2. The van der Waals surface area contributed by atoms with Crippen molar-refractivity contribution in [2.75, 3.05) is 0 Å². The maximum absolute atomic E-state index is 4.30. The number of hydrogen-bond acceptors (Lipinski definition) is 1. The van der Waals surface area contributed by atoms with Gasteiger partial charge in [0.25, 0.3) is 0 Å². The summed E-state index contributed by atoms with van der Waals surface area (Å²) in [6.07, 6.45) is 4.13. The second-order valence-corrected chi connectivity index (χ2v) is 2.96. The molecule has 0 fully saturated rings. The zero-order valence-corrected chi connectivity index (χ0v) is 7.52. The first-order valence-electron chi connectivity index (χ1n) is 4.31. The molecule has 0 bridgehead atoms. The molecule has 0 aliphatic rings. The maximum Gasteiger partial charge on any atom is 0.109 e. The summed E-state index contributed by atoms with van der Waals surface area (Å²) in [6, 6.07) is 0. The predicted molar refractivity (Wildman–Crippen MR) is 46.7 cm³/mol. The van der Waals surface area contributed by atoms with Crippen molar-refractivity contribution in [3.05, 3.63) is 17.7 Å². The van der Waals surface area contributed by atoms with Crippen LogP contribution in [0.4, 0.5) is 0 Å². The van der Waals surface area contributed by atoms with Gasteiger partial charge in [0.1, 0.15) is 5.82 Å². The fourth-order valence-corrected chi connectivity index (χ4v) is 1.000. The molecular weight excluding hydrogens is 136 g/mol. The number of hydrogen-bond donors (Lipinski definition) is 1. The van der Waals surface area contributed by atoms with Crippen LogP contribution in [0.5, 0.6) is 0 Å². The SMILES string of the molecule is CCc1cnc(C(C)CC)[nH]1. The maximum atomic E-state index is 4.30. The van der Waals surface area contributed by atoms with Crippen LogP contribution in [0.2, 0.25) is 0 Å². The molecule has 62 valence electrons. The van der Waals surface area contributed by atoms with Crippen molar-refractivity contribution in [3.63, 3.8) is 0 Å². The summed E-state index contributed by atoms with van der Waals surface area (Å²) in [7, 11) is 0. The van der Waals surface area contributed by atoms with Crippen molar-refractivity contribution in [1.29, 1.82) is 0 Å². The molecule has 0 amide bonds. The minimum atomic E-state index is 0.565. The number of nitrogens with one attached hydrogen (secondary N) is 1. The predicted octanol–water partition coefficient (Wildman–Crippen LogP) is 2.49. The molecule has 11 heavy (non-hydrogen) atoms. The molecule has 0 aromatic carbocycles. The molecule has 0 saturated heterocycles. The molecule has 1 aromatic rings. The van der Waals surface area contributed by atoms with Gasteiger partial charge in [0.15, 0.2) is 0 Å². The largest absolute Gasteiger partial charge is 0.346 e. The highest BCUT2D eigenvalue weighted by Gasteiger charge is 2.05. The minimum absolute atomic E-state index is 0.565. The Morgan fingerprint density at radius 1 is 1.55 bits per heavy atom. The Morgan fingerprint density at radius 3 is 2.73 bits per heavy atom. The normalized spacial score (nSPS) is 13.4. The van der Waals surface area contributed by atoms with Gasteiger partial charge in [0.05, 0.1) is 0 Å². The van der Waals surface area contributed by atoms with Crippen LogP contribution < -0.4 is 0 Å². The van der Waals surface area contributed by atoms with E-state index in [4.69, 9.17) is 0 Å². The average Bonchev–Trinajstić information content (AvgIpc) is 2.50. The summed E-state index contributed by atoms with van der Waals surface area (Å²) in [6.45, 7) is 6.50. The lowest BCUT2D eigenvalue weighted by atomic mass is 10.1. The summed E-state index contributed by atoms with van der Waals surface area (Å²) >= 11 is 0. The minimum Gasteiger partial charge on any atom is -0.346 e. The highest BCUT2D eigenvalue weighted by molar-refractivity contribution is 5.04. The van der Waals surface area contributed by atoms with Crippen molar-refractivity contribution < 1.29 is 0 Å². The topological polar surface area (TPSA) is 28.7 Å². The summed E-state index contributed by atoms with van der Waals surface area (Å²) in [5.41, 5.74) is 1.24. The van der Waals surface area contributed by atoms with Crippen molar-refractivity contribution in [1.82, 2.24) is 9.97 Å². The fraction of sp³-hybridized carbons (Fsp3) is 0.667. The Hall–Kier alpha value is -0.790. The molecule has 2 nitrogen and oxygen atoms in total. The summed E-state index contributed by atoms with van der Waals surface area (Å²) in [5, 5.41) is 0. The Balaban J connectivity index is 2.71. The summed E-state index contributed by atoms with van der Waals surface area (Å²) < 4.78 is 0. The van der Waals surface area contributed by atoms with Gasteiger partial charge in [-0.15, -0.1) is 0 Å². The van der Waals surface area contributed by atoms with E-state index >= 15 is 0 Å². The van der Waals surface area contributed by atoms with Crippen LogP contribution in [-0.2, 0) is 6.42 Å². The van der Waals surface area contributed by atoms with Gasteiger partial charge in [0.2, 0.25) is 0 Å². The van der Waals surface area contributed by atoms with Gasteiger partial charge in [0, 0.05) is 17.8 Å². The Morgan fingerprint density at radius 2 is 2.27 bits per heavy atom. The third-order valence-electron chi connectivity index (χ3n) is 2.11. The molecule has 1 N–H and O–H groups in total. The fourth-order valence-electron chi connectivity index (χ4n) is 1.000. The van der Waals surface area contributed by atoms with Gasteiger partial charge < -0.3 is 4.98 Å². The number of nitrogens with zero attached hydrogens (tertiary/aromatic N) is 1. The number of aromatic amines is 1.